The molecule has 41 heavy (non-hydrogen) atoms. The summed E-state index contributed by atoms with van der Waals surface area (Å²) in [7, 11) is -3.93. The first-order chi connectivity index (χ1) is 19.8. The van der Waals surface area contributed by atoms with E-state index >= 15 is 0 Å². The van der Waals surface area contributed by atoms with Crippen molar-refractivity contribution in [1.29, 1.82) is 0 Å². The number of aromatic nitrogens is 3. The van der Waals surface area contributed by atoms with Crippen LogP contribution in [0, 0.1) is 0 Å². The summed E-state index contributed by atoms with van der Waals surface area (Å²) >= 11 is 1.42. The maximum atomic E-state index is 13.2. The van der Waals surface area contributed by atoms with Crippen LogP contribution in [-0.4, -0.2) is 59.5 Å². The number of nitrogens with zero attached hydrogens (tertiary/aromatic N) is 4. The number of anilines is 1. The molecule has 0 saturated carbocycles. The fourth-order valence-electron chi connectivity index (χ4n) is 4.75. The summed E-state index contributed by atoms with van der Waals surface area (Å²) in [6.45, 7) is 7.87. The zero-order valence-corrected chi connectivity index (χ0v) is 24.6. The lowest BCUT2D eigenvalue weighted by Gasteiger charge is -2.17. The van der Waals surface area contributed by atoms with Gasteiger partial charge in [0.1, 0.15) is 0 Å². The summed E-state index contributed by atoms with van der Waals surface area (Å²) in [6.07, 6.45) is 8.78. The van der Waals surface area contributed by atoms with Crippen LogP contribution in [0.15, 0.2) is 70.8 Å². The Morgan fingerprint density at radius 2 is 1.88 bits per heavy atom. The molecule has 2 aromatic carbocycles. The molecular weight excluding hydrogens is 560 g/mol. The van der Waals surface area contributed by atoms with Gasteiger partial charge in [0.15, 0.2) is 0 Å². The largest absolute Gasteiger partial charge is 0.347 e. The van der Waals surface area contributed by atoms with Gasteiger partial charge in [0.25, 0.3) is 11.8 Å². The van der Waals surface area contributed by atoms with Crippen molar-refractivity contribution in [1.82, 2.24) is 25.0 Å². The normalized spacial score (nSPS) is 13.8. The van der Waals surface area contributed by atoms with Crippen molar-refractivity contribution in [3.8, 4) is 5.13 Å². The average Bonchev–Trinajstić information content (AvgIpc) is 3.64. The number of amides is 2. The summed E-state index contributed by atoms with van der Waals surface area (Å²) in [5, 5.41) is 10.6. The van der Waals surface area contributed by atoms with Crippen molar-refractivity contribution in [3.63, 3.8) is 0 Å². The Hall–Kier alpha value is -3.87. The van der Waals surface area contributed by atoms with E-state index in [2.05, 4.69) is 39.5 Å². The van der Waals surface area contributed by atoms with E-state index in [1.54, 1.807) is 23.0 Å². The van der Waals surface area contributed by atoms with Gasteiger partial charge < -0.3 is 15.5 Å². The van der Waals surface area contributed by atoms with Gasteiger partial charge in [-0.2, -0.15) is 5.10 Å². The predicted octanol–water partition coefficient (Wildman–Crippen LogP) is 4.32. The second kappa shape index (κ2) is 12.3. The summed E-state index contributed by atoms with van der Waals surface area (Å²) in [5.74, 6) is -0.943. The van der Waals surface area contributed by atoms with Crippen molar-refractivity contribution in [2.75, 3.05) is 25.0 Å². The third-order valence-corrected chi connectivity index (χ3v) is 9.94. The number of rotatable bonds is 11. The van der Waals surface area contributed by atoms with E-state index < -0.39 is 21.7 Å². The van der Waals surface area contributed by atoms with Gasteiger partial charge >= 0.3 is 0 Å². The molecule has 12 heteroatoms. The molecule has 0 fully saturated rings. The van der Waals surface area contributed by atoms with Gasteiger partial charge in [0.05, 0.1) is 33.8 Å². The van der Waals surface area contributed by atoms with Crippen LogP contribution in [0.3, 0.4) is 0 Å². The van der Waals surface area contributed by atoms with Gasteiger partial charge in [-0.3, -0.25) is 9.59 Å². The minimum Gasteiger partial charge on any atom is -0.347 e. The number of aryl methyl sites for hydroxylation is 1. The standard InChI is InChI=1S/C29H32N6O4S2/c1-3-34(4-2)14-8-7-9-20-16-32-35(19-20)29-31-18-22(40-29)17-30-27(36)21-12-13-26-24(15-21)33-28(37)23-10-5-6-11-25(23)41(26,38)39/h5-6,10-13,15-16,18-19H,3-4,7-9,14,17H2,1-2H3,(H,30,36)(H,33,37). The molecule has 0 saturated heterocycles. The molecule has 0 unspecified atom stereocenters. The van der Waals surface area contributed by atoms with Crippen LogP contribution in [0.25, 0.3) is 5.13 Å². The molecule has 0 radical (unpaired) electrons. The number of hydrogen-bond acceptors (Lipinski definition) is 8. The quantitative estimate of drug-likeness (QED) is 0.248. The third-order valence-electron chi connectivity index (χ3n) is 7.08. The molecule has 2 amide bonds. The molecule has 214 valence electrons. The van der Waals surface area contributed by atoms with E-state index in [0.717, 1.165) is 49.3 Å². The van der Waals surface area contributed by atoms with Gasteiger partial charge in [-0.05, 0) is 74.8 Å². The van der Waals surface area contributed by atoms with Gasteiger partial charge in [0, 0.05) is 22.8 Å². The average molecular weight is 593 g/mol. The first-order valence-electron chi connectivity index (χ1n) is 13.6. The number of nitrogens with one attached hydrogen (secondary N) is 2. The van der Waals surface area contributed by atoms with Gasteiger partial charge in [0.2, 0.25) is 15.0 Å². The molecule has 0 bridgehead atoms. The van der Waals surface area contributed by atoms with Crippen LogP contribution < -0.4 is 10.6 Å². The number of hydrogen-bond donors (Lipinski definition) is 2. The second-order valence-corrected chi connectivity index (χ2v) is 12.7. The molecule has 2 N–H and O–H groups in total. The van der Waals surface area contributed by atoms with Crippen LogP contribution in [0.1, 0.15) is 57.8 Å². The minimum atomic E-state index is -3.93. The number of fused-ring (bicyclic) bond motifs is 2. The molecule has 0 aliphatic carbocycles. The van der Waals surface area contributed by atoms with Gasteiger partial charge in [-0.1, -0.05) is 37.3 Å². The first kappa shape index (κ1) is 28.7. The number of sulfone groups is 1. The highest BCUT2D eigenvalue weighted by Crippen LogP contribution is 2.34. The molecule has 0 atom stereocenters. The van der Waals surface area contributed by atoms with Crippen molar-refractivity contribution in [2.45, 2.75) is 49.4 Å². The smallest absolute Gasteiger partial charge is 0.257 e. The van der Waals surface area contributed by atoms with Crippen LogP contribution in [0.2, 0.25) is 0 Å². The molecule has 3 heterocycles. The number of unbranched alkanes of at least 4 members (excludes halogenated alkanes) is 1. The van der Waals surface area contributed by atoms with Crippen LogP contribution in [0.5, 0.6) is 0 Å². The SMILES string of the molecule is CCN(CC)CCCCc1cnn(-c2ncc(CNC(=O)c3ccc4c(c3)NC(=O)c3ccccc3S4(=O)=O)s2)c1. The van der Waals surface area contributed by atoms with E-state index in [1.165, 1.54) is 41.7 Å². The first-order valence-corrected chi connectivity index (χ1v) is 15.9. The van der Waals surface area contributed by atoms with E-state index in [1.807, 2.05) is 12.4 Å². The topological polar surface area (TPSA) is 126 Å². The van der Waals surface area contributed by atoms with Crippen molar-refractivity contribution in [3.05, 3.63) is 82.6 Å². The predicted molar refractivity (Wildman–Crippen MR) is 157 cm³/mol. The number of carbonyl (C=O) groups excluding carboxylic acids is 2. The molecule has 2 aromatic heterocycles. The fourth-order valence-corrected chi connectivity index (χ4v) is 7.13. The number of benzene rings is 2. The fraction of sp³-hybridized carbons (Fsp3) is 0.310. The van der Waals surface area contributed by atoms with Crippen molar-refractivity contribution < 1.29 is 18.0 Å². The third kappa shape index (κ3) is 6.24. The molecule has 0 spiro atoms. The molecule has 4 aromatic rings. The Morgan fingerprint density at radius 1 is 1.07 bits per heavy atom. The Morgan fingerprint density at radius 3 is 2.68 bits per heavy atom. The molecule has 1 aliphatic heterocycles. The summed E-state index contributed by atoms with van der Waals surface area (Å²) in [5.41, 5.74) is 1.53. The van der Waals surface area contributed by atoms with Crippen LogP contribution >= 0.6 is 11.3 Å². The highest BCUT2D eigenvalue weighted by Gasteiger charge is 2.31. The van der Waals surface area contributed by atoms with Gasteiger partial charge in [-0.25, -0.2) is 18.1 Å². The molecule has 10 nitrogen and oxygen atoms in total. The summed E-state index contributed by atoms with van der Waals surface area (Å²) in [4.78, 5) is 33.2. The molecular formula is C29H32N6O4S2. The van der Waals surface area contributed by atoms with Crippen LogP contribution in [-0.2, 0) is 22.8 Å². The lowest BCUT2D eigenvalue weighted by atomic mass is 10.1. The zero-order chi connectivity index (χ0) is 29.0. The molecule has 1 aliphatic rings. The molecule has 5 rings (SSSR count). The van der Waals surface area contributed by atoms with E-state index in [-0.39, 0.29) is 33.2 Å². The Kier molecular flexibility index (Phi) is 8.62. The lowest BCUT2D eigenvalue weighted by Crippen LogP contribution is -2.23. The van der Waals surface area contributed by atoms with E-state index in [9.17, 15) is 18.0 Å². The van der Waals surface area contributed by atoms with Gasteiger partial charge in [-0.15, -0.1) is 0 Å². The van der Waals surface area contributed by atoms with Crippen molar-refractivity contribution >= 4 is 38.7 Å². The minimum absolute atomic E-state index is 0.0538. The Bertz CT molecular complexity index is 1670. The number of carbonyl (C=O) groups is 2. The lowest BCUT2D eigenvalue weighted by molar-refractivity contribution is 0.0949. The maximum absolute atomic E-state index is 13.2. The maximum Gasteiger partial charge on any atom is 0.257 e. The highest BCUT2D eigenvalue weighted by molar-refractivity contribution is 7.91. The number of thiazole rings is 1. The van der Waals surface area contributed by atoms with Crippen molar-refractivity contribution in [2.24, 2.45) is 0 Å². The monoisotopic (exact) mass is 592 g/mol. The van der Waals surface area contributed by atoms with E-state index in [4.69, 9.17) is 0 Å². The van der Waals surface area contributed by atoms with E-state index in [0.29, 0.717) is 5.13 Å². The Balaban J connectivity index is 1.20. The highest BCUT2D eigenvalue weighted by atomic mass is 32.2. The Labute approximate surface area is 243 Å². The summed E-state index contributed by atoms with van der Waals surface area (Å²) < 4.78 is 28.1. The second-order valence-electron chi connectivity index (χ2n) is 9.73. The summed E-state index contributed by atoms with van der Waals surface area (Å²) in [6, 6.07) is 10.2. The van der Waals surface area contributed by atoms with Crippen LogP contribution in [0.4, 0.5) is 5.69 Å². The zero-order valence-electron chi connectivity index (χ0n) is 23.0.